The van der Waals surface area contributed by atoms with Gasteiger partial charge in [-0.05, 0) is 46.3 Å². The van der Waals surface area contributed by atoms with Crippen LogP contribution in [-0.2, 0) is 4.79 Å². The average Bonchev–Trinajstić information content (AvgIpc) is 3.05. The van der Waals surface area contributed by atoms with Gasteiger partial charge in [-0.15, -0.1) is 11.8 Å². The third-order valence-corrected chi connectivity index (χ3v) is 5.13. The van der Waals surface area contributed by atoms with Crippen LogP contribution in [0.5, 0.6) is 5.88 Å². The number of thioether (sulfide) groups is 1. The molecule has 0 saturated carbocycles. The maximum absolute atomic E-state index is 12.9. The van der Waals surface area contributed by atoms with E-state index in [1.807, 2.05) is 6.07 Å². The first kappa shape index (κ1) is 17.2. The van der Waals surface area contributed by atoms with Crippen molar-refractivity contribution >= 4 is 33.6 Å². The normalized spacial score (nSPS) is 17.1. The number of ether oxygens (including phenoxy) is 1. The zero-order chi connectivity index (χ0) is 16.9. The summed E-state index contributed by atoms with van der Waals surface area (Å²) in [4.78, 5) is 19.2. The van der Waals surface area contributed by atoms with E-state index in [2.05, 4.69) is 20.9 Å². The summed E-state index contributed by atoms with van der Waals surface area (Å²) >= 11 is 4.75. The Morgan fingerprint density at radius 1 is 1.33 bits per heavy atom. The van der Waals surface area contributed by atoms with Crippen molar-refractivity contribution in [2.75, 3.05) is 18.8 Å². The van der Waals surface area contributed by atoms with Crippen LogP contribution in [-0.4, -0.2) is 40.7 Å². The second kappa shape index (κ2) is 7.98. The lowest BCUT2D eigenvalue weighted by atomic mass is 10.3. The Labute approximate surface area is 152 Å². The van der Waals surface area contributed by atoms with Crippen LogP contribution in [0.3, 0.4) is 0 Å². The molecular weight excluding hydrogens is 395 g/mol. The lowest BCUT2D eigenvalue weighted by Gasteiger charge is -2.16. The summed E-state index contributed by atoms with van der Waals surface area (Å²) in [5, 5.41) is 0. The van der Waals surface area contributed by atoms with Gasteiger partial charge >= 0.3 is 0 Å². The molecule has 1 atom stereocenters. The van der Waals surface area contributed by atoms with Gasteiger partial charge in [0, 0.05) is 34.6 Å². The summed E-state index contributed by atoms with van der Waals surface area (Å²) in [6.07, 6.45) is 2.45. The third-order valence-electron chi connectivity index (χ3n) is 3.66. The number of aromatic nitrogens is 1. The number of rotatable bonds is 5. The van der Waals surface area contributed by atoms with Crippen LogP contribution >= 0.6 is 27.7 Å². The predicted molar refractivity (Wildman–Crippen MR) is 94.7 cm³/mol. The van der Waals surface area contributed by atoms with Gasteiger partial charge in [0.1, 0.15) is 11.9 Å². The standard InChI is InChI=1S/C17H16BrFN2O2S/c18-12-1-6-16(20-9-12)23-14-7-8-21(10-14)17(22)11-24-15-4-2-13(19)3-5-15/h1-6,9,14H,7-8,10-11H2. The van der Waals surface area contributed by atoms with E-state index >= 15 is 0 Å². The maximum Gasteiger partial charge on any atom is 0.233 e. The van der Waals surface area contributed by atoms with Gasteiger partial charge in [0.25, 0.3) is 0 Å². The molecule has 1 fully saturated rings. The zero-order valence-corrected chi connectivity index (χ0v) is 15.2. The zero-order valence-electron chi connectivity index (χ0n) is 12.8. The smallest absolute Gasteiger partial charge is 0.233 e. The number of pyridine rings is 1. The Kier molecular flexibility index (Phi) is 5.73. The highest BCUT2D eigenvalue weighted by molar-refractivity contribution is 9.10. The minimum Gasteiger partial charge on any atom is -0.472 e. The van der Waals surface area contributed by atoms with Crippen molar-refractivity contribution in [2.45, 2.75) is 17.4 Å². The van der Waals surface area contributed by atoms with Crippen LogP contribution in [0.15, 0.2) is 52.0 Å². The fourth-order valence-electron chi connectivity index (χ4n) is 2.42. The molecule has 1 saturated heterocycles. The minimum atomic E-state index is -0.272. The van der Waals surface area contributed by atoms with E-state index < -0.39 is 0 Å². The third kappa shape index (κ3) is 4.70. The first-order valence-electron chi connectivity index (χ1n) is 7.54. The van der Waals surface area contributed by atoms with Gasteiger partial charge in [-0.25, -0.2) is 9.37 Å². The van der Waals surface area contributed by atoms with Crippen molar-refractivity contribution in [2.24, 2.45) is 0 Å². The molecule has 0 bridgehead atoms. The van der Waals surface area contributed by atoms with Crippen LogP contribution in [0.4, 0.5) is 4.39 Å². The monoisotopic (exact) mass is 410 g/mol. The van der Waals surface area contributed by atoms with Crippen LogP contribution < -0.4 is 4.74 Å². The SMILES string of the molecule is O=C(CSc1ccc(F)cc1)N1CCC(Oc2ccc(Br)cn2)C1. The predicted octanol–water partition coefficient (Wildman–Crippen LogP) is 3.76. The number of hydrogen-bond acceptors (Lipinski definition) is 4. The van der Waals surface area contributed by atoms with E-state index in [0.29, 0.717) is 24.7 Å². The molecule has 0 spiro atoms. The second-order valence-corrected chi connectivity index (χ2v) is 7.39. The highest BCUT2D eigenvalue weighted by atomic mass is 79.9. The van der Waals surface area contributed by atoms with Crippen molar-refractivity contribution in [3.8, 4) is 5.88 Å². The van der Waals surface area contributed by atoms with Crippen molar-refractivity contribution in [3.63, 3.8) is 0 Å². The summed E-state index contributed by atoms with van der Waals surface area (Å²) in [5.41, 5.74) is 0. The van der Waals surface area contributed by atoms with Crippen molar-refractivity contribution in [3.05, 3.63) is 52.9 Å². The number of amides is 1. The molecule has 126 valence electrons. The van der Waals surface area contributed by atoms with Gasteiger partial charge in [0.15, 0.2) is 0 Å². The highest BCUT2D eigenvalue weighted by Crippen LogP contribution is 2.22. The number of benzene rings is 1. The van der Waals surface area contributed by atoms with Crippen molar-refractivity contribution in [1.29, 1.82) is 0 Å². The number of nitrogens with zero attached hydrogens (tertiary/aromatic N) is 2. The van der Waals surface area contributed by atoms with E-state index in [1.165, 1.54) is 23.9 Å². The molecule has 1 aliphatic heterocycles. The maximum atomic E-state index is 12.9. The van der Waals surface area contributed by atoms with Gasteiger partial charge in [-0.3, -0.25) is 4.79 Å². The molecule has 0 radical (unpaired) electrons. The molecule has 0 aliphatic carbocycles. The van der Waals surface area contributed by atoms with E-state index in [4.69, 9.17) is 4.74 Å². The lowest BCUT2D eigenvalue weighted by molar-refractivity contribution is -0.127. The summed E-state index contributed by atoms with van der Waals surface area (Å²) < 4.78 is 19.6. The molecule has 1 aromatic heterocycles. The molecule has 4 nitrogen and oxygen atoms in total. The number of carbonyl (C=O) groups excluding carboxylic acids is 1. The Morgan fingerprint density at radius 2 is 2.12 bits per heavy atom. The largest absolute Gasteiger partial charge is 0.472 e. The number of halogens is 2. The fourth-order valence-corrected chi connectivity index (χ4v) is 3.46. The lowest BCUT2D eigenvalue weighted by Crippen LogP contribution is -2.32. The van der Waals surface area contributed by atoms with E-state index in [-0.39, 0.29) is 17.8 Å². The molecule has 24 heavy (non-hydrogen) atoms. The quantitative estimate of drug-likeness (QED) is 0.703. The molecule has 0 N–H and O–H groups in total. The average molecular weight is 411 g/mol. The topological polar surface area (TPSA) is 42.4 Å². The number of carbonyl (C=O) groups is 1. The van der Waals surface area contributed by atoms with Crippen LogP contribution in [0.1, 0.15) is 6.42 Å². The molecule has 1 aliphatic rings. The number of hydrogen-bond donors (Lipinski definition) is 0. The molecule has 7 heteroatoms. The fraction of sp³-hybridized carbons (Fsp3) is 0.294. The van der Waals surface area contributed by atoms with Crippen LogP contribution in [0.25, 0.3) is 0 Å². The van der Waals surface area contributed by atoms with E-state index in [1.54, 1.807) is 29.3 Å². The van der Waals surface area contributed by atoms with Crippen LogP contribution in [0.2, 0.25) is 0 Å². The summed E-state index contributed by atoms with van der Waals surface area (Å²) in [7, 11) is 0. The van der Waals surface area contributed by atoms with Crippen molar-refractivity contribution < 1.29 is 13.9 Å². The van der Waals surface area contributed by atoms with Gasteiger partial charge in [0.2, 0.25) is 11.8 Å². The summed E-state index contributed by atoms with van der Waals surface area (Å²) in [6, 6.07) is 9.85. The number of likely N-dealkylation sites (tertiary alicyclic amines) is 1. The second-order valence-electron chi connectivity index (χ2n) is 5.43. The minimum absolute atomic E-state index is 0.0292. The molecule has 1 amide bonds. The van der Waals surface area contributed by atoms with Crippen molar-refractivity contribution in [1.82, 2.24) is 9.88 Å². The molecular formula is C17H16BrFN2O2S. The Bertz CT molecular complexity index is 697. The Hall–Kier alpha value is -1.60. The van der Waals surface area contributed by atoms with Gasteiger partial charge in [-0.1, -0.05) is 0 Å². The first-order chi connectivity index (χ1) is 11.6. The van der Waals surface area contributed by atoms with Gasteiger partial charge in [-0.2, -0.15) is 0 Å². The molecule has 1 unspecified atom stereocenters. The van der Waals surface area contributed by atoms with E-state index in [0.717, 1.165) is 15.8 Å². The van der Waals surface area contributed by atoms with E-state index in [9.17, 15) is 9.18 Å². The molecule has 1 aromatic carbocycles. The first-order valence-corrected chi connectivity index (χ1v) is 9.32. The Balaban J connectivity index is 1.46. The van der Waals surface area contributed by atoms with Gasteiger partial charge in [0.05, 0.1) is 12.3 Å². The molecule has 2 heterocycles. The van der Waals surface area contributed by atoms with Gasteiger partial charge < -0.3 is 9.64 Å². The summed E-state index contributed by atoms with van der Waals surface area (Å²) in [6.45, 7) is 1.25. The molecule has 3 rings (SSSR count). The molecule has 2 aromatic rings. The summed E-state index contributed by atoms with van der Waals surface area (Å²) in [5.74, 6) is 0.707. The van der Waals surface area contributed by atoms with Crippen LogP contribution in [0, 0.1) is 5.82 Å². The highest BCUT2D eigenvalue weighted by Gasteiger charge is 2.27. The Morgan fingerprint density at radius 3 is 2.83 bits per heavy atom.